The zero-order valence-electron chi connectivity index (χ0n) is 16.1. The summed E-state index contributed by atoms with van der Waals surface area (Å²) < 4.78 is 43.0. The predicted molar refractivity (Wildman–Crippen MR) is 105 cm³/mol. The molecule has 2 rings (SSSR count). The van der Waals surface area contributed by atoms with E-state index < -0.39 is 17.5 Å². The van der Waals surface area contributed by atoms with Crippen LogP contribution in [0.25, 0.3) is 0 Å². The zero-order valence-corrected chi connectivity index (χ0v) is 16.8. The monoisotopic (exact) mass is 403 g/mol. The lowest BCUT2D eigenvalue weighted by Crippen LogP contribution is -2.24. The van der Waals surface area contributed by atoms with Crippen molar-refractivity contribution in [3.05, 3.63) is 58.6 Å². The van der Waals surface area contributed by atoms with E-state index in [-0.39, 0.29) is 17.3 Å². The SMILES string of the molecule is CC.CC.COc1ccc(CNc2ccc(Cl)cc2C(=O)C(F)(F)F)cc1. The third-order valence-corrected chi connectivity index (χ3v) is 3.36. The first-order chi connectivity index (χ1) is 12.8. The highest BCUT2D eigenvalue weighted by Crippen LogP contribution is 2.29. The highest BCUT2D eigenvalue weighted by atomic mass is 35.5. The maximum atomic E-state index is 12.7. The van der Waals surface area contributed by atoms with E-state index in [9.17, 15) is 18.0 Å². The lowest BCUT2D eigenvalue weighted by atomic mass is 10.1. The van der Waals surface area contributed by atoms with Crippen LogP contribution in [0.1, 0.15) is 43.6 Å². The van der Waals surface area contributed by atoms with Crippen molar-refractivity contribution in [3.63, 3.8) is 0 Å². The summed E-state index contributed by atoms with van der Waals surface area (Å²) in [5, 5.41) is 2.89. The molecule has 0 amide bonds. The Hall–Kier alpha value is -2.21. The summed E-state index contributed by atoms with van der Waals surface area (Å²) in [6.45, 7) is 8.25. The third kappa shape index (κ3) is 7.91. The number of hydrogen-bond donors (Lipinski definition) is 1. The number of nitrogens with one attached hydrogen (secondary N) is 1. The van der Waals surface area contributed by atoms with Crippen LogP contribution < -0.4 is 10.1 Å². The molecular formula is C20H25ClF3NO2. The second kappa shape index (κ2) is 12.2. The molecule has 0 fully saturated rings. The van der Waals surface area contributed by atoms with Crippen molar-refractivity contribution < 1.29 is 22.7 Å². The lowest BCUT2D eigenvalue weighted by molar-refractivity contribution is -0.0884. The highest BCUT2D eigenvalue weighted by Gasteiger charge is 2.40. The summed E-state index contributed by atoms with van der Waals surface area (Å²) in [6, 6.07) is 10.8. The molecule has 1 N–H and O–H groups in total. The van der Waals surface area contributed by atoms with E-state index in [4.69, 9.17) is 16.3 Å². The van der Waals surface area contributed by atoms with E-state index in [1.165, 1.54) is 19.2 Å². The molecular weight excluding hydrogens is 379 g/mol. The Bertz CT molecular complexity index is 701. The molecule has 0 aliphatic heterocycles. The maximum Gasteiger partial charge on any atom is 0.454 e. The molecule has 27 heavy (non-hydrogen) atoms. The maximum absolute atomic E-state index is 12.7. The summed E-state index contributed by atoms with van der Waals surface area (Å²) in [5.41, 5.74) is 0.400. The van der Waals surface area contributed by atoms with Gasteiger partial charge in [0.1, 0.15) is 5.75 Å². The fourth-order valence-corrected chi connectivity index (χ4v) is 2.12. The largest absolute Gasteiger partial charge is 0.497 e. The molecule has 7 heteroatoms. The number of hydrogen-bond acceptors (Lipinski definition) is 3. The number of halogens is 4. The molecule has 0 saturated heterocycles. The minimum atomic E-state index is -4.96. The van der Waals surface area contributed by atoms with Gasteiger partial charge in [-0.15, -0.1) is 0 Å². The summed E-state index contributed by atoms with van der Waals surface area (Å²) in [4.78, 5) is 11.5. The predicted octanol–water partition coefficient (Wildman–Crippen LogP) is 6.76. The molecule has 0 unspecified atom stereocenters. The van der Waals surface area contributed by atoms with E-state index in [2.05, 4.69) is 5.32 Å². The van der Waals surface area contributed by atoms with Gasteiger partial charge in [-0.2, -0.15) is 13.2 Å². The van der Waals surface area contributed by atoms with E-state index >= 15 is 0 Å². The fourth-order valence-electron chi connectivity index (χ4n) is 1.95. The fraction of sp³-hybridized carbons (Fsp3) is 0.350. The molecule has 0 aromatic heterocycles. The van der Waals surface area contributed by atoms with Crippen molar-refractivity contribution in [1.29, 1.82) is 0 Å². The number of alkyl halides is 3. The van der Waals surface area contributed by atoms with Crippen LogP contribution in [0.15, 0.2) is 42.5 Å². The number of carbonyl (C=O) groups excluding carboxylic acids is 1. The van der Waals surface area contributed by atoms with Crippen molar-refractivity contribution in [2.75, 3.05) is 12.4 Å². The molecule has 0 radical (unpaired) electrons. The lowest BCUT2D eigenvalue weighted by Gasteiger charge is -2.13. The number of rotatable bonds is 5. The Labute approximate surface area is 163 Å². The van der Waals surface area contributed by atoms with E-state index in [1.54, 1.807) is 24.3 Å². The van der Waals surface area contributed by atoms with Crippen LogP contribution in [0.3, 0.4) is 0 Å². The number of ketones is 1. The number of carbonyl (C=O) groups is 1. The minimum absolute atomic E-state index is 0.0626. The summed E-state index contributed by atoms with van der Waals surface area (Å²) in [6.07, 6.45) is -4.96. The van der Waals surface area contributed by atoms with Gasteiger partial charge in [0.15, 0.2) is 0 Å². The van der Waals surface area contributed by atoms with Crippen LogP contribution in [0.5, 0.6) is 5.75 Å². The highest BCUT2D eigenvalue weighted by molar-refractivity contribution is 6.31. The van der Waals surface area contributed by atoms with Crippen LogP contribution in [0, 0.1) is 0 Å². The van der Waals surface area contributed by atoms with Gasteiger partial charge in [-0.1, -0.05) is 51.4 Å². The summed E-state index contributed by atoms with van der Waals surface area (Å²) >= 11 is 5.70. The average molecular weight is 404 g/mol. The molecule has 0 saturated carbocycles. The topological polar surface area (TPSA) is 38.3 Å². The first kappa shape index (κ1) is 24.8. The van der Waals surface area contributed by atoms with Crippen LogP contribution in [0.4, 0.5) is 18.9 Å². The number of methoxy groups -OCH3 is 1. The standard InChI is InChI=1S/C16H13ClF3NO2.2C2H6/c1-23-12-5-2-10(3-6-12)9-21-14-7-4-11(17)8-13(14)15(22)16(18,19)20;2*1-2/h2-8,21H,9H2,1H3;2*1-2H3. The molecule has 0 atom stereocenters. The Balaban J connectivity index is 0.00000158. The number of benzene rings is 2. The zero-order chi connectivity index (χ0) is 21.0. The molecule has 0 heterocycles. The van der Waals surface area contributed by atoms with Gasteiger partial charge in [-0.3, -0.25) is 4.79 Å². The molecule has 2 aromatic rings. The van der Waals surface area contributed by atoms with Gasteiger partial charge < -0.3 is 10.1 Å². The first-order valence-corrected chi connectivity index (χ1v) is 8.97. The van der Waals surface area contributed by atoms with Crippen molar-refractivity contribution in [3.8, 4) is 5.75 Å². The Morgan fingerprint density at radius 3 is 2.07 bits per heavy atom. The summed E-state index contributed by atoms with van der Waals surface area (Å²) in [7, 11) is 1.54. The number of Topliss-reactive ketones (excluding diaryl/α,β-unsaturated/α-hetero) is 1. The van der Waals surface area contributed by atoms with Gasteiger partial charge in [0.25, 0.3) is 5.78 Å². The molecule has 0 bridgehead atoms. The third-order valence-electron chi connectivity index (χ3n) is 3.13. The number of anilines is 1. The van der Waals surface area contributed by atoms with Crippen LogP contribution in [-0.2, 0) is 6.54 Å². The van der Waals surface area contributed by atoms with Gasteiger partial charge in [-0.25, -0.2) is 0 Å². The van der Waals surface area contributed by atoms with Gasteiger partial charge in [0.05, 0.1) is 12.7 Å². The molecule has 150 valence electrons. The number of ether oxygens (including phenoxy) is 1. The smallest absolute Gasteiger partial charge is 0.454 e. The van der Waals surface area contributed by atoms with Crippen LogP contribution in [-0.4, -0.2) is 19.1 Å². The van der Waals surface area contributed by atoms with Gasteiger partial charge in [-0.05, 0) is 35.9 Å². The van der Waals surface area contributed by atoms with E-state index in [0.29, 0.717) is 5.75 Å². The molecule has 2 aromatic carbocycles. The van der Waals surface area contributed by atoms with Gasteiger partial charge in [0.2, 0.25) is 0 Å². The molecule has 3 nitrogen and oxygen atoms in total. The Morgan fingerprint density at radius 1 is 1.04 bits per heavy atom. The normalized spacial score (nSPS) is 9.96. The van der Waals surface area contributed by atoms with Crippen molar-refractivity contribution in [1.82, 2.24) is 0 Å². The molecule has 0 spiro atoms. The quantitative estimate of drug-likeness (QED) is 0.560. The summed E-state index contributed by atoms with van der Waals surface area (Å²) in [5.74, 6) is -1.26. The van der Waals surface area contributed by atoms with Gasteiger partial charge >= 0.3 is 6.18 Å². The second-order valence-corrected chi connectivity index (χ2v) is 5.15. The minimum Gasteiger partial charge on any atom is -0.497 e. The van der Waals surface area contributed by atoms with Crippen LogP contribution in [0.2, 0.25) is 5.02 Å². The van der Waals surface area contributed by atoms with E-state index in [0.717, 1.165) is 11.6 Å². The van der Waals surface area contributed by atoms with Crippen LogP contribution >= 0.6 is 11.6 Å². The van der Waals surface area contributed by atoms with Gasteiger partial charge in [0, 0.05) is 17.3 Å². The Kier molecular flexibility index (Phi) is 11.2. The second-order valence-electron chi connectivity index (χ2n) is 4.72. The van der Waals surface area contributed by atoms with E-state index in [1.807, 2.05) is 27.7 Å². The molecule has 0 aliphatic carbocycles. The van der Waals surface area contributed by atoms with Crippen molar-refractivity contribution in [2.45, 2.75) is 40.4 Å². The first-order valence-electron chi connectivity index (χ1n) is 8.59. The van der Waals surface area contributed by atoms with Crippen molar-refractivity contribution in [2.24, 2.45) is 0 Å². The Morgan fingerprint density at radius 2 is 1.59 bits per heavy atom. The molecule has 0 aliphatic rings. The average Bonchev–Trinajstić information content (AvgIpc) is 2.69. The van der Waals surface area contributed by atoms with Crippen molar-refractivity contribution >= 4 is 23.1 Å².